The monoisotopic (exact) mass is 177 g/mol. The van der Waals surface area contributed by atoms with Gasteiger partial charge in [0.05, 0.1) is 11.5 Å². The van der Waals surface area contributed by atoms with Gasteiger partial charge in [0.15, 0.2) is 0 Å². The van der Waals surface area contributed by atoms with Crippen LogP contribution in [0, 0.1) is 0 Å². The van der Waals surface area contributed by atoms with Crippen molar-refractivity contribution in [3.8, 4) is 0 Å². The van der Waals surface area contributed by atoms with Crippen LogP contribution in [0.25, 0.3) is 0 Å². The highest BCUT2D eigenvalue weighted by Gasteiger charge is 1.91. The second-order valence-electron chi connectivity index (χ2n) is 2.95. The minimum Gasteiger partial charge on any atom is -0.387 e. The van der Waals surface area contributed by atoms with E-state index in [9.17, 15) is 0 Å². The fraction of sp³-hybridized carbons (Fsp3) is 0.300. The van der Waals surface area contributed by atoms with Gasteiger partial charge in [-0.25, -0.2) is 4.99 Å². The Bertz CT molecular complexity index is 284. The minimum absolute atomic E-state index is 0.585. The average Bonchev–Trinajstić information content (AvgIpc) is 2.08. The number of rotatable bonds is 3. The van der Waals surface area contributed by atoms with Crippen molar-refractivity contribution < 1.29 is 0 Å². The second-order valence-corrected chi connectivity index (χ2v) is 2.95. The molecule has 0 unspecified atom stereocenters. The van der Waals surface area contributed by atoms with Gasteiger partial charge in [0.2, 0.25) is 0 Å². The van der Waals surface area contributed by atoms with Crippen LogP contribution >= 0.6 is 0 Å². The fourth-order valence-electron chi connectivity index (χ4n) is 1.10. The quantitative estimate of drug-likeness (QED) is 0.542. The Kier molecular flexibility index (Phi) is 3.46. The molecule has 0 radical (unpaired) electrons. The number of amidine groups is 1. The van der Waals surface area contributed by atoms with Crippen molar-refractivity contribution in [1.29, 1.82) is 0 Å². The normalized spacial score (nSPS) is 11.7. The van der Waals surface area contributed by atoms with Gasteiger partial charge in [-0.15, -0.1) is 0 Å². The molecule has 13 heavy (non-hydrogen) atoms. The number of hydrogen-bond acceptors (Lipinski definition) is 2. The van der Waals surface area contributed by atoms with Gasteiger partial charge in [0.1, 0.15) is 0 Å². The summed E-state index contributed by atoms with van der Waals surface area (Å²) in [5.74, 6) is 0.585. The second kappa shape index (κ2) is 4.62. The van der Waals surface area contributed by atoms with Crippen molar-refractivity contribution >= 4 is 11.5 Å². The summed E-state index contributed by atoms with van der Waals surface area (Å²) >= 11 is 0. The van der Waals surface area contributed by atoms with E-state index < -0.39 is 0 Å². The summed E-state index contributed by atoms with van der Waals surface area (Å²) in [5, 5.41) is 3.08. The Morgan fingerprint density at radius 3 is 2.46 bits per heavy atom. The van der Waals surface area contributed by atoms with E-state index in [0.29, 0.717) is 5.84 Å². The zero-order chi connectivity index (χ0) is 9.68. The predicted molar refractivity (Wildman–Crippen MR) is 56.2 cm³/mol. The van der Waals surface area contributed by atoms with Gasteiger partial charge in [-0.1, -0.05) is 12.1 Å². The van der Waals surface area contributed by atoms with Gasteiger partial charge >= 0.3 is 0 Å². The lowest BCUT2D eigenvalue weighted by Crippen LogP contribution is -2.05. The van der Waals surface area contributed by atoms with E-state index in [4.69, 9.17) is 5.73 Å². The molecule has 0 saturated carbocycles. The highest BCUT2D eigenvalue weighted by molar-refractivity contribution is 5.80. The molecule has 3 N–H and O–H groups in total. The molecule has 1 aromatic rings. The van der Waals surface area contributed by atoms with Crippen LogP contribution in [0.5, 0.6) is 0 Å². The first kappa shape index (κ1) is 9.74. The lowest BCUT2D eigenvalue weighted by Gasteiger charge is -2.00. The maximum absolute atomic E-state index is 5.46. The molecule has 0 aliphatic heterocycles. The summed E-state index contributed by atoms with van der Waals surface area (Å²) in [4.78, 5) is 4.13. The van der Waals surface area contributed by atoms with Crippen molar-refractivity contribution in [3.05, 3.63) is 29.8 Å². The van der Waals surface area contributed by atoms with E-state index in [1.165, 1.54) is 5.56 Å². The van der Waals surface area contributed by atoms with E-state index in [-0.39, 0.29) is 0 Å². The van der Waals surface area contributed by atoms with Crippen LogP contribution < -0.4 is 11.1 Å². The molecule has 0 saturated heterocycles. The van der Waals surface area contributed by atoms with Crippen molar-refractivity contribution in [2.24, 2.45) is 10.7 Å². The predicted octanol–water partition coefficient (Wildman–Crippen LogP) is 1.41. The van der Waals surface area contributed by atoms with Crippen LogP contribution in [0.4, 0.5) is 5.69 Å². The maximum Gasteiger partial charge on any atom is 0.0964 e. The molecular formula is C10H15N3. The van der Waals surface area contributed by atoms with Crippen molar-refractivity contribution in [1.82, 2.24) is 5.32 Å². The first-order chi connectivity index (χ1) is 6.22. The topological polar surface area (TPSA) is 50.4 Å². The zero-order valence-electron chi connectivity index (χ0n) is 8.04. The summed E-state index contributed by atoms with van der Waals surface area (Å²) in [5.41, 5.74) is 7.61. The summed E-state index contributed by atoms with van der Waals surface area (Å²) in [6, 6.07) is 8.00. The summed E-state index contributed by atoms with van der Waals surface area (Å²) in [6.45, 7) is 2.66. The third kappa shape index (κ3) is 3.25. The van der Waals surface area contributed by atoms with Gasteiger partial charge in [0.25, 0.3) is 0 Å². The average molecular weight is 177 g/mol. The van der Waals surface area contributed by atoms with E-state index in [0.717, 1.165) is 12.2 Å². The molecule has 0 fully saturated rings. The van der Waals surface area contributed by atoms with Crippen molar-refractivity contribution in [2.75, 3.05) is 7.05 Å². The van der Waals surface area contributed by atoms with Crippen LogP contribution in [0.2, 0.25) is 0 Å². The number of nitrogens with one attached hydrogen (secondary N) is 1. The summed E-state index contributed by atoms with van der Waals surface area (Å²) in [7, 11) is 1.93. The molecule has 0 atom stereocenters. The number of hydrogen-bond donors (Lipinski definition) is 2. The zero-order valence-corrected chi connectivity index (χ0v) is 8.04. The summed E-state index contributed by atoms with van der Waals surface area (Å²) in [6.07, 6.45) is 0. The Morgan fingerprint density at radius 2 is 2.00 bits per heavy atom. The smallest absolute Gasteiger partial charge is 0.0964 e. The van der Waals surface area contributed by atoms with E-state index in [1.54, 1.807) is 6.92 Å². The largest absolute Gasteiger partial charge is 0.387 e. The number of nitrogens with zero attached hydrogens (tertiary/aromatic N) is 1. The highest BCUT2D eigenvalue weighted by Crippen LogP contribution is 2.12. The lowest BCUT2D eigenvalue weighted by atomic mass is 10.2. The molecule has 0 spiro atoms. The Balaban J connectivity index is 2.75. The number of aliphatic imine (C=N–C) groups is 1. The van der Waals surface area contributed by atoms with Gasteiger partial charge in [-0.3, -0.25) is 0 Å². The van der Waals surface area contributed by atoms with Gasteiger partial charge in [-0.05, 0) is 31.7 Å². The first-order valence-electron chi connectivity index (χ1n) is 4.26. The molecule has 1 aromatic carbocycles. The SMILES string of the molecule is CNCc1ccc(N=C(C)N)cc1. The number of benzene rings is 1. The van der Waals surface area contributed by atoms with E-state index in [2.05, 4.69) is 10.3 Å². The van der Waals surface area contributed by atoms with E-state index in [1.807, 2.05) is 31.3 Å². The number of nitrogens with two attached hydrogens (primary N) is 1. The molecular weight excluding hydrogens is 162 g/mol. The molecule has 3 nitrogen and oxygen atoms in total. The maximum atomic E-state index is 5.46. The molecule has 0 aliphatic carbocycles. The van der Waals surface area contributed by atoms with Crippen LogP contribution in [0.15, 0.2) is 29.3 Å². The van der Waals surface area contributed by atoms with Crippen molar-refractivity contribution in [3.63, 3.8) is 0 Å². The summed E-state index contributed by atoms with van der Waals surface area (Å²) < 4.78 is 0. The molecule has 1 rings (SSSR count). The molecule has 0 heterocycles. The minimum atomic E-state index is 0.585. The molecule has 0 amide bonds. The Hall–Kier alpha value is -1.35. The van der Waals surface area contributed by atoms with Gasteiger partial charge < -0.3 is 11.1 Å². The first-order valence-corrected chi connectivity index (χ1v) is 4.26. The molecule has 0 aliphatic rings. The third-order valence-electron chi connectivity index (χ3n) is 1.62. The van der Waals surface area contributed by atoms with Crippen molar-refractivity contribution in [2.45, 2.75) is 13.5 Å². The fourth-order valence-corrected chi connectivity index (χ4v) is 1.10. The lowest BCUT2D eigenvalue weighted by molar-refractivity contribution is 0.818. The van der Waals surface area contributed by atoms with Gasteiger partial charge in [-0.2, -0.15) is 0 Å². The Labute approximate surface area is 78.7 Å². The van der Waals surface area contributed by atoms with E-state index >= 15 is 0 Å². The standard InChI is InChI=1S/C10H15N3/c1-8(11)13-10-5-3-9(4-6-10)7-12-2/h3-6,12H,7H2,1-2H3,(H2,11,13). The van der Waals surface area contributed by atoms with Crippen LogP contribution in [0.1, 0.15) is 12.5 Å². The van der Waals surface area contributed by atoms with Gasteiger partial charge in [0, 0.05) is 6.54 Å². The van der Waals surface area contributed by atoms with Crippen LogP contribution in [0.3, 0.4) is 0 Å². The van der Waals surface area contributed by atoms with Crippen LogP contribution in [-0.4, -0.2) is 12.9 Å². The molecule has 3 heteroatoms. The third-order valence-corrected chi connectivity index (χ3v) is 1.62. The molecule has 0 bridgehead atoms. The molecule has 0 aromatic heterocycles. The van der Waals surface area contributed by atoms with Crippen LogP contribution in [-0.2, 0) is 6.54 Å². The highest BCUT2D eigenvalue weighted by atomic mass is 14.8. The molecule has 70 valence electrons. The Morgan fingerprint density at radius 1 is 1.38 bits per heavy atom.